The van der Waals surface area contributed by atoms with Crippen LogP contribution in [0.5, 0.6) is 0 Å². The SMILES string of the molecule is Cc1ccc2c(c1)[PH]1(c3cc(C)ccc3-2)c2cc(C)ccc2-c2ccc(C)cc21. The van der Waals surface area contributed by atoms with Crippen molar-refractivity contribution >= 4 is 28.5 Å². The zero-order chi connectivity index (χ0) is 19.9. The van der Waals surface area contributed by atoms with E-state index >= 15 is 0 Å². The predicted molar refractivity (Wildman–Crippen MR) is 130 cm³/mol. The Kier molecular flexibility index (Phi) is 3.37. The summed E-state index contributed by atoms with van der Waals surface area (Å²) in [4.78, 5) is 0. The van der Waals surface area contributed by atoms with E-state index in [2.05, 4.69) is 100 Å². The van der Waals surface area contributed by atoms with E-state index in [0.29, 0.717) is 0 Å². The Labute approximate surface area is 173 Å². The molecule has 0 unspecified atom stereocenters. The monoisotopic (exact) mass is 392 g/mol. The average molecular weight is 392 g/mol. The Morgan fingerprint density at radius 1 is 0.379 bits per heavy atom. The Bertz CT molecular complexity index is 1130. The molecule has 0 atom stereocenters. The molecule has 2 aliphatic heterocycles. The summed E-state index contributed by atoms with van der Waals surface area (Å²) in [6.45, 7) is 8.94. The van der Waals surface area contributed by atoms with Crippen LogP contribution in [-0.2, 0) is 0 Å². The van der Waals surface area contributed by atoms with Crippen LogP contribution in [0, 0.1) is 27.7 Å². The molecule has 0 aliphatic carbocycles. The molecule has 0 saturated carbocycles. The average Bonchev–Trinajstić information content (AvgIpc) is 3.13. The molecule has 4 aromatic rings. The van der Waals surface area contributed by atoms with Crippen LogP contribution in [0.2, 0.25) is 0 Å². The fourth-order valence-electron chi connectivity index (χ4n) is 5.68. The Hall–Kier alpha value is -2.69. The Balaban J connectivity index is 1.88. The molecule has 0 amide bonds. The van der Waals surface area contributed by atoms with Crippen molar-refractivity contribution < 1.29 is 0 Å². The summed E-state index contributed by atoms with van der Waals surface area (Å²) >= 11 is 0. The first kappa shape index (κ1) is 17.2. The van der Waals surface area contributed by atoms with Crippen LogP contribution in [0.4, 0.5) is 0 Å². The molecule has 0 aromatic heterocycles. The van der Waals surface area contributed by atoms with E-state index < -0.39 is 7.26 Å². The minimum atomic E-state index is -2.28. The molecule has 0 fully saturated rings. The van der Waals surface area contributed by atoms with Gasteiger partial charge in [-0.25, -0.2) is 0 Å². The van der Waals surface area contributed by atoms with Crippen molar-refractivity contribution in [2.45, 2.75) is 27.7 Å². The van der Waals surface area contributed by atoms with Gasteiger partial charge in [-0.3, -0.25) is 0 Å². The summed E-state index contributed by atoms with van der Waals surface area (Å²) in [5.74, 6) is 0. The van der Waals surface area contributed by atoms with Crippen molar-refractivity contribution in [3.05, 3.63) is 95.1 Å². The first-order chi connectivity index (χ1) is 14.0. The maximum absolute atomic E-state index is 2.49. The van der Waals surface area contributed by atoms with Gasteiger partial charge in [0.15, 0.2) is 0 Å². The zero-order valence-corrected chi connectivity index (χ0v) is 18.4. The van der Waals surface area contributed by atoms with E-state index in [9.17, 15) is 0 Å². The van der Waals surface area contributed by atoms with Crippen LogP contribution in [0.25, 0.3) is 22.3 Å². The molecule has 0 radical (unpaired) electrons. The van der Waals surface area contributed by atoms with Crippen LogP contribution >= 0.6 is 7.26 Å². The first-order valence-electron chi connectivity index (χ1n) is 10.5. The molecule has 29 heavy (non-hydrogen) atoms. The quantitative estimate of drug-likeness (QED) is 0.311. The third-order valence-electron chi connectivity index (χ3n) is 6.90. The van der Waals surface area contributed by atoms with Gasteiger partial charge < -0.3 is 0 Å². The minimum absolute atomic E-state index is 1.36. The van der Waals surface area contributed by atoms with Gasteiger partial charge in [0.1, 0.15) is 0 Å². The van der Waals surface area contributed by atoms with Crippen molar-refractivity contribution in [2.24, 2.45) is 0 Å². The van der Waals surface area contributed by atoms with Crippen molar-refractivity contribution in [2.75, 3.05) is 0 Å². The van der Waals surface area contributed by atoms with E-state index in [1.54, 1.807) is 21.2 Å². The van der Waals surface area contributed by atoms with E-state index in [1.807, 2.05) is 0 Å². The molecule has 0 nitrogen and oxygen atoms in total. The number of rotatable bonds is 0. The van der Waals surface area contributed by atoms with Gasteiger partial charge in [-0.1, -0.05) is 0 Å². The van der Waals surface area contributed by atoms with Gasteiger partial charge in [-0.05, 0) is 0 Å². The molecule has 4 aromatic carbocycles. The van der Waals surface area contributed by atoms with E-state index in [-0.39, 0.29) is 0 Å². The summed E-state index contributed by atoms with van der Waals surface area (Å²) in [5.41, 5.74) is 11.2. The number of benzene rings is 4. The molecule has 1 spiro atoms. The molecule has 2 heterocycles. The van der Waals surface area contributed by atoms with E-state index in [0.717, 1.165) is 0 Å². The van der Waals surface area contributed by atoms with Gasteiger partial charge in [0, 0.05) is 0 Å². The van der Waals surface area contributed by atoms with Crippen LogP contribution in [0.15, 0.2) is 72.8 Å². The van der Waals surface area contributed by atoms with Gasteiger partial charge in [0.05, 0.1) is 0 Å². The van der Waals surface area contributed by atoms with Crippen LogP contribution in [-0.4, -0.2) is 0 Å². The number of hydrogen-bond donors (Lipinski definition) is 0. The number of fused-ring (bicyclic) bond motifs is 10. The molecular formula is C28H25P. The molecule has 0 saturated heterocycles. The molecule has 1 heteroatoms. The van der Waals surface area contributed by atoms with E-state index in [1.165, 1.54) is 44.5 Å². The topological polar surface area (TPSA) is 0 Å². The summed E-state index contributed by atoms with van der Waals surface area (Å²) in [7, 11) is -2.28. The molecule has 0 N–H and O–H groups in total. The predicted octanol–water partition coefficient (Wildman–Crippen LogP) is 5.23. The molecule has 2 aliphatic rings. The van der Waals surface area contributed by atoms with Crippen LogP contribution in [0.1, 0.15) is 22.3 Å². The Morgan fingerprint density at radius 3 is 0.862 bits per heavy atom. The van der Waals surface area contributed by atoms with Gasteiger partial charge in [0.25, 0.3) is 0 Å². The second-order valence-electron chi connectivity index (χ2n) is 8.95. The van der Waals surface area contributed by atoms with Crippen molar-refractivity contribution in [3.8, 4) is 22.3 Å². The molecular weight excluding hydrogens is 367 g/mol. The summed E-state index contributed by atoms with van der Waals surface area (Å²) in [6.07, 6.45) is 0. The Morgan fingerprint density at radius 2 is 0.621 bits per heavy atom. The summed E-state index contributed by atoms with van der Waals surface area (Å²) in [6, 6.07) is 28.5. The molecule has 0 bridgehead atoms. The third-order valence-corrected chi connectivity index (χ3v) is 11.8. The second kappa shape index (κ2) is 5.68. The van der Waals surface area contributed by atoms with E-state index in [4.69, 9.17) is 0 Å². The molecule has 6 rings (SSSR count). The van der Waals surface area contributed by atoms with Crippen molar-refractivity contribution in [3.63, 3.8) is 0 Å². The summed E-state index contributed by atoms with van der Waals surface area (Å²) < 4.78 is 0. The third kappa shape index (κ3) is 2.08. The fraction of sp³-hybridized carbons (Fsp3) is 0.143. The van der Waals surface area contributed by atoms with Crippen molar-refractivity contribution in [1.29, 1.82) is 0 Å². The second-order valence-corrected chi connectivity index (χ2v) is 12.6. The number of aryl methyl sites for hydroxylation is 4. The first-order valence-corrected chi connectivity index (χ1v) is 12.5. The summed E-state index contributed by atoms with van der Waals surface area (Å²) in [5, 5.41) is 6.31. The van der Waals surface area contributed by atoms with Crippen LogP contribution in [0.3, 0.4) is 0 Å². The zero-order valence-electron chi connectivity index (χ0n) is 17.4. The standard InChI is InChI=1S/C28H25P/c1-17-5-9-21-22-10-6-18(2)14-26(22)29(25(21)13-17)27-15-19(3)7-11-23(27)24-12-8-20(4)16-28(24)29/h5-16,29H,1-4H3. The molecule has 142 valence electrons. The van der Waals surface area contributed by atoms with Gasteiger partial charge in [-0.15, -0.1) is 0 Å². The van der Waals surface area contributed by atoms with Gasteiger partial charge in [0.2, 0.25) is 0 Å². The van der Waals surface area contributed by atoms with Gasteiger partial charge in [-0.2, -0.15) is 0 Å². The van der Waals surface area contributed by atoms with Gasteiger partial charge >= 0.3 is 173 Å². The normalized spacial score (nSPS) is 15.6. The maximum atomic E-state index is 2.49. The number of hydrogen-bond acceptors (Lipinski definition) is 0. The van der Waals surface area contributed by atoms with Crippen molar-refractivity contribution in [1.82, 2.24) is 0 Å². The fourth-order valence-corrected chi connectivity index (χ4v) is 11.7. The van der Waals surface area contributed by atoms with Crippen LogP contribution < -0.4 is 21.2 Å².